The Morgan fingerprint density at radius 1 is 0.423 bits per heavy atom. The van der Waals surface area contributed by atoms with Gasteiger partial charge in [0.05, 0.1) is 25.4 Å². The van der Waals surface area contributed by atoms with E-state index in [0.717, 1.165) is 38.5 Å². The monoisotopic (exact) mass is 1010 g/mol. The Hall–Kier alpha value is -0.810. The molecule has 0 spiro atoms. The van der Waals surface area contributed by atoms with Gasteiger partial charge in [0.2, 0.25) is 5.91 Å². The van der Waals surface area contributed by atoms with Gasteiger partial charge in [0.25, 0.3) is 0 Å². The number of aliphatic hydroxyl groups excluding tert-OH is 5. The molecule has 0 aromatic heterocycles. The van der Waals surface area contributed by atoms with Crippen LogP contribution < -0.4 is 5.32 Å². The number of carbonyl (C=O) groups is 1. The van der Waals surface area contributed by atoms with Gasteiger partial charge in [-0.1, -0.05) is 316 Å². The van der Waals surface area contributed by atoms with Crippen LogP contribution in [0.2, 0.25) is 0 Å². The molecule has 9 heteroatoms. The Kier molecular flexibility index (Phi) is 50.6. The van der Waals surface area contributed by atoms with E-state index in [0.29, 0.717) is 12.8 Å². The largest absolute Gasteiger partial charge is 0.394 e. The van der Waals surface area contributed by atoms with Gasteiger partial charge in [-0.2, -0.15) is 0 Å². The van der Waals surface area contributed by atoms with Crippen LogP contribution in [0.3, 0.4) is 0 Å². The Balaban J connectivity index is 2.01. The van der Waals surface area contributed by atoms with E-state index in [2.05, 4.69) is 19.2 Å². The molecule has 0 radical (unpaired) electrons. The van der Waals surface area contributed by atoms with Crippen LogP contribution in [0.15, 0.2) is 0 Å². The first kappa shape index (κ1) is 68.2. The van der Waals surface area contributed by atoms with Crippen molar-refractivity contribution in [1.29, 1.82) is 0 Å². The van der Waals surface area contributed by atoms with Crippen molar-refractivity contribution in [3.63, 3.8) is 0 Å². The van der Waals surface area contributed by atoms with Crippen molar-refractivity contribution in [2.45, 2.75) is 378 Å². The summed E-state index contributed by atoms with van der Waals surface area (Å²) in [6.07, 6.45) is 57.5. The highest BCUT2D eigenvalue weighted by molar-refractivity contribution is 5.76. The second-order valence-electron chi connectivity index (χ2n) is 22.6. The van der Waals surface area contributed by atoms with E-state index in [4.69, 9.17) is 9.47 Å². The van der Waals surface area contributed by atoms with Crippen LogP contribution >= 0.6 is 0 Å². The summed E-state index contributed by atoms with van der Waals surface area (Å²) in [5.41, 5.74) is 0. The fourth-order valence-electron chi connectivity index (χ4n) is 10.7. The van der Waals surface area contributed by atoms with Crippen LogP contribution in [-0.2, 0) is 14.3 Å². The first-order valence-electron chi connectivity index (χ1n) is 31.7. The molecule has 1 fully saturated rings. The molecule has 1 heterocycles. The van der Waals surface area contributed by atoms with Crippen LogP contribution in [0.5, 0.6) is 0 Å². The normalized spacial score (nSPS) is 19.1. The summed E-state index contributed by atoms with van der Waals surface area (Å²) in [6, 6.07) is -0.712. The second-order valence-corrected chi connectivity index (χ2v) is 22.6. The van der Waals surface area contributed by atoms with E-state index in [-0.39, 0.29) is 12.5 Å². The van der Waals surface area contributed by atoms with Crippen LogP contribution in [0.1, 0.15) is 335 Å². The van der Waals surface area contributed by atoms with Gasteiger partial charge >= 0.3 is 0 Å². The molecule has 1 aliphatic heterocycles. The summed E-state index contributed by atoms with van der Waals surface area (Å²) in [4.78, 5) is 13.1. The van der Waals surface area contributed by atoms with Gasteiger partial charge in [-0.25, -0.2) is 0 Å². The number of hydrogen-bond acceptors (Lipinski definition) is 8. The highest BCUT2D eigenvalue weighted by Gasteiger charge is 2.44. The average molecular weight is 1010 g/mol. The molecule has 9 nitrogen and oxygen atoms in total. The molecule has 1 amide bonds. The van der Waals surface area contributed by atoms with Gasteiger partial charge in [-0.3, -0.25) is 4.79 Å². The van der Waals surface area contributed by atoms with Crippen LogP contribution in [0.4, 0.5) is 0 Å². The lowest BCUT2D eigenvalue weighted by Crippen LogP contribution is -2.60. The predicted molar refractivity (Wildman–Crippen MR) is 300 cm³/mol. The molecule has 71 heavy (non-hydrogen) atoms. The minimum atomic E-state index is -1.55. The van der Waals surface area contributed by atoms with Gasteiger partial charge in [0.1, 0.15) is 24.4 Å². The SMILES string of the molecule is CCCCCCCCCCCCCCCCCCCCCCCCCCCCCCCCCCCCCCC(=O)NC(COC1OC(CO)C(O)C(O)C1O)C(O)CCCCCCCCCCCCCC. The summed E-state index contributed by atoms with van der Waals surface area (Å²) >= 11 is 0. The van der Waals surface area contributed by atoms with Crippen LogP contribution in [0.25, 0.3) is 0 Å². The lowest BCUT2D eigenvalue weighted by atomic mass is 9.99. The van der Waals surface area contributed by atoms with Crippen molar-refractivity contribution < 1.29 is 39.8 Å². The van der Waals surface area contributed by atoms with Crippen LogP contribution in [-0.4, -0.2) is 87.5 Å². The Labute approximate surface area is 440 Å². The molecule has 1 rings (SSSR count). The Bertz CT molecular complexity index is 1080. The fourth-order valence-corrected chi connectivity index (χ4v) is 10.7. The Morgan fingerprint density at radius 3 is 1.00 bits per heavy atom. The smallest absolute Gasteiger partial charge is 0.220 e. The van der Waals surface area contributed by atoms with Crippen molar-refractivity contribution in [3.8, 4) is 0 Å². The summed E-state index contributed by atoms with van der Waals surface area (Å²) in [5, 5.41) is 54.6. The molecular weight excluding hydrogens is 887 g/mol. The molecule has 0 saturated carbocycles. The Morgan fingerprint density at radius 2 is 0.704 bits per heavy atom. The van der Waals surface area contributed by atoms with E-state index in [1.807, 2.05) is 0 Å². The van der Waals surface area contributed by atoms with Crippen LogP contribution in [0, 0.1) is 0 Å². The zero-order chi connectivity index (χ0) is 51.5. The lowest BCUT2D eigenvalue weighted by Gasteiger charge is -2.40. The number of ether oxygens (including phenoxy) is 2. The number of carbonyl (C=O) groups excluding carboxylic acids is 1. The van der Waals surface area contributed by atoms with Crippen molar-refractivity contribution in [2.24, 2.45) is 0 Å². The zero-order valence-corrected chi connectivity index (χ0v) is 47.3. The van der Waals surface area contributed by atoms with E-state index in [1.54, 1.807) is 0 Å². The average Bonchev–Trinajstić information content (AvgIpc) is 3.37. The third-order valence-corrected chi connectivity index (χ3v) is 15.7. The van der Waals surface area contributed by atoms with Gasteiger partial charge in [-0.15, -0.1) is 0 Å². The third kappa shape index (κ3) is 42.0. The maximum absolute atomic E-state index is 13.1. The summed E-state index contributed by atoms with van der Waals surface area (Å²) in [7, 11) is 0. The van der Waals surface area contributed by atoms with Gasteiger partial charge in [0, 0.05) is 6.42 Å². The van der Waals surface area contributed by atoms with E-state index in [1.165, 1.54) is 270 Å². The first-order valence-corrected chi connectivity index (χ1v) is 31.7. The first-order chi connectivity index (χ1) is 34.8. The quantitative estimate of drug-likeness (QED) is 0.0330. The van der Waals surface area contributed by atoms with Gasteiger partial charge in [-0.05, 0) is 12.8 Å². The maximum atomic E-state index is 13.1. The summed E-state index contributed by atoms with van der Waals surface area (Å²) in [6.45, 7) is 3.87. The van der Waals surface area contributed by atoms with Crippen molar-refractivity contribution in [2.75, 3.05) is 13.2 Å². The van der Waals surface area contributed by atoms with E-state index >= 15 is 0 Å². The molecule has 6 N–H and O–H groups in total. The van der Waals surface area contributed by atoms with E-state index in [9.17, 15) is 30.3 Å². The van der Waals surface area contributed by atoms with E-state index < -0.39 is 49.5 Å². The van der Waals surface area contributed by atoms with Gasteiger partial charge < -0.3 is 40.3 Å². The lowest BCUT2D eigenvalue weighted by molar-refractivity contribution is -0.302. The number of unbranched alkanes of at least 4 members (excludes halogenated alkanes) is 46. The van der Waals surface area contributed by atoms with Crippen molar-refractivity contribution in [3.05, 3.63) is 0 Å². The minimum absolute atomic E-state index is 0.131. The molecule has 0 aromatic carbocycles. The molecule has 424 valence electrons. The van der Waals surface area contributed by atoms with Gasteiger partial charge in [0.15, 0.2) is 6.29 Å². The standard InChI is InChI=1S/C62H123NO8/c1-3-5-7-9-11-13-15-17-18-19-20-21-22-23-24-25-26-27-28-29-30-31-32-33-34-35-36-37-38-39-40-42-44-46-48-50-52-58(66)63-55(54-70-62-61(69)60(68)59(67)57(53-64)71-62)56(65)51-49-47-45-43-41-16-14-12-10-8-6-4-2/h55-57,59-62,64-65,67-69H,3-54H2,1-2H3,(H,63,66). The highest BCUT2D eigenvalue weighted by atomic mass is 16.7. The third-order valence-electron chi connectivity index (χ3n) is 15.7. The summed E-state index contributed by atoms with van der Waals surface area (Å²) in [5.74, 6) is -0.137. The fraction of sp³-hybridized carbons (Fsp3) is 0.984. The molecule has 7 unspecified atom stereocenters. The topological polar surface area (TPSA) is 149 Å². The number of rotatable bonds is 56. The molecule has 1 aliphatic rings. The molecule has 0 aromatic rings. The summed E-state index contributed by atoms with van der Waals surface area (Å²) < 4.78 is 11.3. The van der Waals surface area contributed by atoms with Crippen molar-refractivity contribution in [1.82, 2.24) is 5.32 Å². The molecule has 1 saturated heterocycles. The minimum Gasteiger partial charge on any atom is -0.394 e. The molecular formula is C62H123NO8. The number of aliphatic hydroxyl groups is 5. The van der Waals surface area contributed by atoms with Crippen molar-refractivity contribution >= 4 is 5.91 Å². The molecule has 0 aliphatic carbocycles. The maximum Gasteiger partial charge on any atom is 0.220 e. The number of nitrogens with one attached hydrogen (secondary N) is 1. The predicted octanol–water partition coefficient (Wildman–Crippen LogP) is 16.2. The molecule has 0 bridgehead atoms. The zero-order valence-electron chi connectivity index (χ0n) is 47.3. The number of amides is 1. The second kappa shape index (κ2) is 52.6. The number of hydrogen-bond donors (Lipinski definition) is 6. The highest BCUT2D eigenvalue weighted by Crippen LogP contribution is 2.24. The molecule has 7 atom stereocenters.